The minimum atomic E-state index is -0.669. The summed E-state index contributed by atoms with van der Waals surface area (Å²) in [7, 11) is 3.38. The Balaban J connectivity index is 1.42. The number of carbonyl (C=O) groups is 3. The predicted molar refractivity (Wildman–Crippen MR) is 144 cm³/mol. The van der Waals surface area contributed by atoms with Gasteiger partial charge in [-0.15, -0.1) is 0 Å². The van der Waals surface area contributed by atoms with E-state index in [2.05, 4.69) is 22.2 Å². The maximum Gasteiger partial charge on any atom is 0.337 e. The second-order valence-electron chi connectivity index (χ2n) is 9.48. The lowest BCUT2D eigenvalue weighted by Gasteiger charge is -2.32. The first-order valence-electron chi connectivity index (χ1n) is 12.5. The predicted octanol–water partition coefficient (Wildman–Crippen LogP) is 3.04. The maximum absolute atomic E-state index is 13.2. The molecule has 9 heteroatoms. The number of pyridine rings is 1. The van der Waals surface area contributed by atoms with Gasteiger partial charge in [0.05, 0.1) is 30.5 Å². The van der Waals surface area contributed by atoms with E-state index in [4.69, 9.17) is 9.73 Å². The molecule has 9 nitrogen and oxygen atoms in total. The molecule has 1 N–H and O–H groups in total. The zero-order valence-corrected chi connectivity index (χ0v) is 21.4. The number of piperazine rings is 1. The average molecular weight is 512 g/mol. The number of nitrogens with one attached hydrogen (secondary N) is 1. The Bertz CT molecular complexity index is 1380. The number of esters is 1. The van der Waals surface area contributed by atoms with Crippen LogP contribution >= 0.6 is 0 Å². The third-order valence-corrected chi connectivity index (χ3v) is 6.95. The number of anilines is 1. The standard InChI is InChI=1S/C29H29N5O4/c1-33-13-15-34(16-14-33)25(35)17-19-3-6-22(7-4-19)31-27(20-9-11-30-12-10-20)26-23-8-5-21(29(37)38-2)18-24(23)32-28(26)36/h3-12,18,26H,13-17H2,1-2H3,(H,32,36). The van der Waals surface area contributed by atoms with Gasteiger partial charge in [-0.2, -0.15) is 0 Å². The van der Waals surface area contributed by atoms with Crippen molar-refractivity contribution in [2.75, 3.05) is 45.7 Å². The van der Waals surface area contributed by atoms with E-state index in [1.54, 1.807) is 30.6 Å². The molecule has 1 fully saturated rings. The number of aromatic nitrogens is 1. The summed E-state index contributed by atoms with van der Waals surface area (Å²) >= 11 is 0. The van der Waals surface area contributed by atoms with Gasteiger partial charge in [0.25, 0.3) is 0 Å². The SMILES string of the molecule is COC(=O)c1ccc2c(c1)NC(=O)C2C(=Nc1ccc(CC(=O)N2CCN(C)CC2)cc1)c1ccncc1. The van der Waals surface area contributed by atoms with Gasteiger partial charge < -0.3 is 19.9 Å². The smallest absolute Gasteiger partial charge is 0.337 e. The molecule has 2 amide bonds. The summed E-state index contributed by atoms with van der Waals surface area (Å²) in [5, 5.41) is 2.88. The van der Waals surface area contributed by atoms with Gasteiger partial charge in [-0.3, -0.25) is 19.6 Å². The molecule has 1 aromatic heterocycles. The summed E-state index contributed by atoms with van der Waals surface area (Å²) in [6.45, 7) is 3.27. The van der Waals surface area contributed by atoms with Crippen molar-refractivity contribution in [2.45, 2.75) is 12.3 Å². The van der Waals surface area contributed by atoms with E-state index >= 15 is 0 Å². The van der Waals surface area contributed by atoms with Gasteiger partial charge in [0.1, 0.15) is 5.92 Å². The molecule has 3 aromatic rings. The molecule has 0 aliphatic carbocycles. The molecule has 0 bridgehead atoms. The average Bonchev–Trinajstić information content (AvgIpc) is 3.27. The Labute approximate surface area is 221 Å². The van der Waals surface area contributed by atoms with E-state index < -0.39 is 11.9 Å². The summed E-state index contributed by atoms with van der Waals surface area (Å²) in [5.74, 6) is -1.25. The largest absolute Gasteiger partial charge is 0.465 e. The van der Waals surface area contributed by atoms with Crippen LogP contribution in [0.3, 0.4) is 0 Å². The number of ether oxygens (including phenoxy) is 1. The molecule has 3 heterocycles. The number of carbonyl (C=O) groups excluding carboxylic acids is 3. The Morgan fingerprint density at radius 2 is 1.71 bits per heavy atom. The zero-order chi connectivity index (χ0) is 26.6. The third-order valence-electron chi connectivity index (χ3n) is 6.95. The first-order chi connectivity index (χ1) is 18.4. The molecule has 0 saturated carbocycles. The number of likely N-dealkylation sites (N-methyl/N-ethyl adjacent to an activating group) is 1. The molecule has 2 aromatic carbocycles. The number of fused-ring (bicyclic) bond motifs is 1. The monoisotopic (exact) mass is 511 g/mol. The second-order valence-corrected chi connectivity index (χ2v) is 9.48. The van der Waals surface area contributed by atoms with Crippen molar-refractivity contribution in [1.82, 2.24) is 14.8 Å². The quantitative estimate of drug-likeness (QED) is 0.403. The van der Waals surface area contributed by atoms with Crippen molar-refractivity contribution >= 4 is 34.9 Å². The summed E-state index contributed by atoms with van der Waals surface area (Å²) in [4.78, 5) is 51.0. The second kappa shape index (κ2) is 10.9. The van der Waals surface area contributed by atoms with Gasteiger partial charge in [0.2, 0.25) is 11.8 Å². The van der Waals surface area contributed by atoms with Crippen LogP contribution in [0.1, 0.15) is 33.0 Å². The molecule has 0 spiro atoms. The van der Waals surface area contributed by atoms with Crippen LogP contribution in [0.4, 0.5) is 11.4 Å². The Morgan fingerprint density at radius 1 is 1.00 bits per heavy atom. The fourth-order valence-electron chi connectivity index (χ4n) is 4.77. The first-order valence-corrected chi connectivity index (χ1v) is 12.5. The molecule has 1 atom stereocenters. The van der Waals surface area contributed by atoms with Gasteiger partial charge >= 0.3 is 5.97 Å². The molecule has 1 saturated heterocycles. The van der Waals surface area contributed by atoms with Crippen molar-refractivity contribution < 1.29 is 19.1 Å². The molecule has 0 radical (unpaired) electrons. The fraction of sp³-hybridized carbons (Fsp3) is 0.276. The van der Waals surface area contributed by atoms with Gasteiger partial charge in [0, 0.05) is 49.8 Å². The minimum Gasteiger partial charge on any atom is -0.465 e. The Kier molecular flexibility index (Phi) is 7.28. The molecule has 38 heavy (non-hydrogen) atoms. The number of methoxy groups -OCH3 is 1. The molecular formula is C29H29N5O4. The van der Waals surface area contributed by atoms with Crippen LogP contribution in [0.25, 0.3) is 0 Å². The number of nitrogens with zero attached hydrogens (tertiary/aromatic N) is 4. The fourth-order valence-corrected chi connectivity index (χ4v) is 4.77. The van der Waals surface area contributed by atoms with E-state index in [0.717, 1.165) is 42.9 Å². The lowest BCUT2D eigenvalue weighted by Crippen LogP contribution is -2.47. The van der Waals surface area contributed by atoms with Crippen molar-refractivity contribution in [3.8, 4) is 0 Å². The van der Waals surface area contributed by atoms with Crippen LogP contribution in [-0.2, 0) is 20.7 Å². The van der Waals surface area contributed by atoms with Crippen LogP contribution in [0.2, 0.25) is 0 Å². The molecule has 5 rings (SSSR count). The van der Waals surface area contributed by atoms with E-state index in [0.29, 0.717) is 29.1 Å². The number of aliphatic imine (C=N–C) groups is 1. The van der Waals surface area contributed by atoms with Gasteiger partial charge in [-0.1, -0.05) is 18.2 Å². The molecule has 2 aliphatic rings. The third kappa shape index (κ3) is 5.33. The summed E-state index contributed by atoms with van der Waals surface area (Å²) < 4.78 is 4.81. The van der Waals surface area contributed by atoms with Crippen molar-refractivity contribution in [2.24, 2.45) is 4.99 Å². The summed E-state index contributed by atoms with van der Waals surface area (Å²) in [5.41, 5.74) is 4.55. The number of rotatable bonds is 6. The van der Waals surface area contributed by atoms with Crippen molar-refractivity contribution in [3.63, 3.8) is 0 Å². The number of hydrogen-bond acceptors (Lipinski definition) is 7. The van der Waals surface area contributed by atoms with E-state index in [1.165, 1.54) is 7.11 Å². The van der Waals surface area contributed by atoms with Crippen LogP contribution in [0.5, 0.6) is 0 Å². The highest BCUT2D eigenvalue weighted by Crippen LogP contribution is 2.37. The minimum absolute atomic E-state index is 0.123. The highest BCUT2D eigenvalue weighted by Gasteiger charge is 2.36. The normalized spacial score (nSPS) is 17.6. The molecule has 1 unspecified atom stereocenters. The van der Waals surface area contributed by atoms with Crippen LogP contribution in [0, 0.1) is 0 Å². The Hall–Kier alpha value is -4.37. The highest BCUT2D eigenvalue weighted by molar-refractivity contribution is 6.24. The Morgan fingerprint density at radius 3 is 2.39 bits per heavy atom. The summed E-state index contributed by atoms with van der Waals surface area (Å²) in [6, 6.07) is 16.2. The van der Waals surface area contributed by atoms with Crippen molar-refractivity contribution in [1.29, 1.82) is 0 Å². The van der Waals surface area contributed by atoms with E-state index in [-0.39, 0.29) is 11.8 Å². The van der Waals surface area contributed by atoms with Gasteiger partial charge in [0.15, 0.2) is 0 Å². The number of amides is 2. The summed E-state index contributed by atoms with van der Waals surface area (Å²) in [6.07, 6.45) is 3.66. The lowest BCUT2D eigenvalue weighted by atomic mass is 9.90. The first kappa shape index (κ1) is 25.3. The van der Waals surface area contributed by atoms with Crippen LogP contribution in [0.15, 0.2) is 72.0 Å². The topological polar surface area (TPSA) is 104 Å². The lowest BCUT2D eigenvalue weighted by molar-refractivity contribution is -0.132. The van der Waals surface area contributed by atoms with E-state index in [9.17, 15) is 14.4 Å². The maximum atomic E-state index is 13.2. The van der Waals surface area contributed by atoms with Crippen LogP contribution in [-0.4, -0.2) is 78.6 Å². The number of benzene rings is 2. The molecular weight excluding hydrogens is 482 g/mol. The molecule has 194 valence electrons. The highest BCUT2D eigenvalue weighted by atomic mass is 16.5. The van der Waals surface area contributed by atoms with E-state index in [1.807, 2.05) is 41.3 Å². The van der Waals surface area contributed by atoms with Gasteiger partial charge in [-0.05, 0) is 54.6 Å². The molecule has 2 aliphatic heterocycles. The van der Waals surface area contributed by atoms with Crippen molar-refractivity contribution in [3.05, 3.63) is 89.2 Å². The van der Waals surface area contributed by atoms with Gasteiger partial charge in [-0.25, -0.2) is 4.79 Å². The van der Waals surface area contributed by atoms with Crippen LogP contribution < -0.4 is 5.32 Å². The number of hydrogen-bond donors (Lipinski definition) is 1. The zero-order valence-electron chi connectivity index (χ0n) is 21.4.